The van der Waals surface area contributed by atoms with E-state index in [1.54, 1.807) is 0 Å². The highest BCUT2D eigenvalue weighted by molar-refractivity contribution is 5.37. The number of H-pyrrole nitrogens is 1. The lowest BCUT2D eigenvalue weighted by Gasteiger charge is -2.12. The quantitative estimate of drug-likeness (QED) is 0.815. The van der Waals surface area contributed by atoms with Crippen LogP contribution in [0.15, 0.2) is 24.5 Å². The molecular formula is C10H10FN3O2. The first kappa shape index (κ1) is 10.6. The zero-order valence-corrected chi connectivity index (χ0v) is 8.51. The Balaban J connectivity index is 2.42. The third-order valence-electron chi connectivity index (χ3n) is 2.18. The fourth-order valence-electron chi connectivity index (χ4n) is 1.41. The summed E-state index contributed by atoms with van der Waals surface area (Å²) in [5.74, 6) is 0.184. The van der Waals surface area contributed by atoms with E-state index in [2.05, 4.69) is 15.2 Å². The molecule has 0 fully saturated rings. The summed E-state index contributed by atoms with van der Waals surface area (Å²) in [5, 5.41) is 16.1. The molecule has 0 spiro atoms. The first-order valence-corrected chi connectivity index (χ1v) is 4.59. The molecule has 2 N–H and O–H groups in total. The third kappa shape index (κ3) is 1.87. The van der Waals surface area contributed by atoms with E-state index in [0.29, 0.717) is 11.3 Å². The number of aromatic amines is 1. The molecule has 1 aromatic carbocycles. The van der Waals surface area contributed by atoms with Crippen LogP contribution < -0.4 is 4.74 Å². The van der Waals surface area contributed by atoms with Crippen LogP contribution in [0.2, 0.25) is 0 Å². The molecule has 2 rings (SSSR count). The lowest BCUT2D eigenvalue weighted by atomic mass is 10.1. The zero-order valence-electron chi connectivity index (χ0n) is 8.51. The number of aromatic nitrogens is 3. The number of halogens is 1. The molecule has 1 heterocycles. The molecule has 6 heteroatoms. The lowest BCUT2D eigenvalue weighted by Crippen LogP contribution is -2.05. The van der Waals surface area contributed by atoms with Crippen LogP contribution in [-0.2, 0) is 0 Å². The van der Waals surface area contributed by atoms with Gasteiger partial charge in [-0.15, -0.1) is 0 Å². The summed E-state index contributed by atoms with van der Waals surface area (Å²) in [4.78, 5) is 3.80. The Bertz CT molecular complexity index is 473. The van der Waals surface area contributed by atoms with Crippen molar-refractivity contribution in [1.29, 1.82) is 0 Å². The Hall–Kier alpha value is -1.95. The number of aliphatic hydroxyl groups is 1. The van der Waals surface area contributed by atoms with Gasteiger partial charge in [0.1, 0.15) is 24.0 Å². The Kier molecular flexibility index (Phi) is 2.82. The van der Waals surface area contributed by atoms with Crippen molar-refractivity contribution in [2.45, 2.75) is 6.10 Å². The number of nitrogens with one attached hydrogen (secondary N) is 1. The smallest absolute Gasteiger partial charge is 0.157 e. The van der Waals surface area contributed by atoms with Gasteiger partial charge in [-0.05, 0) is 18.2 Å². The maximum absolute atomic E-state index is 13.1. The number of methoxy groups -OCH3 is 1. The van der Waals surface area contributed by atoms with Crippen molar-refractivity contribution in [3.63, 3.8) is 0 Å². The highest BCUT2D eigenvalue weighted by atomic mass is 19.1. The van der Waals surface area contributed by atoms with E-state index in [0.717, 1.165) is 0 Å². The van der Waals surface area contributed by atoms with E-state index in [1.165, 1.54) is 31.6 Å². The van der Waals surface area contributed by atoms with Crippen molar-refractivity contribution in [1.82, 2.24) is 15.2 Å². The van der Waals surface area contributed by atoms with Crippen molar-refractivity contribution in [3.8, 4) is 5.75 Å². The second-order valence-electron chi connectivity index (χ2n) is 3.16. The normalized spacial score (nSPS) is 12.4. The lowest BCUT2D eigenvalue weighted by molar-refractivity contribution is 0.204. The Morgan fingerprint density at radius 2 is 2.31 bits per heavy atom. The highest BCUT2D eigenvalue weighted by Gasteiger charge is 2.18. The maximum atomic E-state index is 13.1. The molecule has 16 heavy (non-hydrogen) atoms. The molecular weight excluding hydrogens is 213 g/mol. The molecule has 0 aliphatic carbocycles. The molecule has 1 aromatic heterocycles. The fourth-order valence-corrected chi connectivity index (χ4v) is 1.41. The summed E-state index contributed by atoms with van der Waals surface area (Å²) in [6.45, 7) is 0. The van der Waals surface area contributed by atoms with E-state index in [4.69, 9.17) is 4.74 Å². The van der Waals surface area contributed by atoms with Gasteiger partial charge < -0.3 is 9.84 Å². The third-order valence-corrected chi connectivity index (χ3v) is 2.18. The predicted octanol–water partition coefficient (Wildman–Crippen LogP) is 1.03. The van der Waals surface area contributed by atoms with Crippen LogP contribution in [0.4, 0.5) is 4.39 Å². The molecule has 0 radical (unpaired) electrons. The monoisotopic (exact) mass is 223 g/mol. The largest absolute Gasteiger partial charge is 0.496 e. The molecule has 84 valence electrons. The van der Waals surface area contributed by atoms with Gasteiger partial charge in [-0.1, -0.05) is 0 Å². The minimum Gasteiger partial charge on any atom is -0.496 e. The first-order chi connectivity index (χ1) is 7.72. The highest BCUT2D eigenvalue weighted by Crippen LogP contribution is 2.28. The number of hydrogen-bond acceptors (Lipinski definition) is 4. The predicted molar refractivity (Wildman–Crippen MR) is 53.4 cm³/mol. The van der Waals surface area contributed by atoms with Crippen LogP contribution in [-0.4, -0.2) is 27.4 Å². The van der Waals surface area contributed by atoms with E-state index in [1.807, 2.05) is 0 Å². The number of aliphatic hydroxyl groups excluding tert-OH is 1. The minimum atomic E-state index is -1.09. The van der Waals surface area contributed by atoms with Crippen molar-refractivity contribution < 1.29 is 14.2 Å². The number of hydrogen-bond donors (Lipinski definition) is 2. The average Bonchev–Trinajstić information content (AvgIpc) is 2.81. The molecule has 0 saturated heterocycles. The summed E-state index contributed by atoms with van der Waals surface area (Å²) >= 11 is 0. The van der Waals surface area contributed by atoms with Crippen LogP contribution in [0.5, 0.6) is 5.75 Å². The molecule has 1 unspecified atom stereocenters. The number of nitrogens with zero attached hydrogens (tertiary/aromatic N) is 2. The fraction of sp³-hybridized carbons (Fsp3) is 0.200. The molecule has 0 bridgehead atoms. The zero-order chi connectivity index (χ0) is 11.5. The Labute approximate surface area is 90.9 Å². The average molecular weight is 223 g/mol. The van der Waals surface area contributed by atoms with Crippen LogP contribution in [0.1, 0.15) is 17.5 Å². The molecule has 5 nitrogen and oxygen atoms in total. The summed E-state index contributed by atoms with van der Waals surface area (Å²) < 4.78 is 18.1. The van der Waals surface area contributed by atoms with Crippen LogP contribution in [0.25, 0.3) is 0 Å². The molecule has 0 aliphatic rings. The topological polar surface area (TPSA) is 71.0 Å². The summed E-state index contributed by atoms with van der Waals surface area (Å²) in [6.07, 6.45) is 0.179. The van der Waals surface area contributed by atoms with Gasteiger partial charge >= 0.3 is 0 Å². The van der Waals surface area contributed by atoms with E-state index in [9.17, 15) is 9.50 Å². The van der Waals surface area contributed by atoms with Crippen LogP contribution >= 0.6 is 0 Å². The Morgan fingerprint density at radius 3 is 2.94 bits per heavy atom. The van der Waals surface area contributed by atoms with Crippen molar-refractivity contribution in [2.75, 3.05) is 7.11 Å². The minimum absolute atomic E-state index is 0.240. The van der Waals surface area contributed by atoms with Crippen LogP contribution in [0.3, 0.4) is 0 Å². The van der Waals surface area contributed by atoms with Gasteiger partial charge in [0.25, 0.3) is 0 Å². The van der Waals surface area contributed by atoms with Gasteiger partial charge in [-0.3, -0.25) is 5.10 Å². The van der Waals surface area contributed by atoms with Gasteiger partial charge in [-0.2, -0.15) is 5.10 Å². The number of rotatable bonds is 3. The van der Waals surface area contributed by atoms with Crippen molar-refractivity contribution in [3.05, 3.63) is 41.7 Å². The van der Waals surface area contributed by atoms with Gasteiger partial charge in [0.15, 0.2) is 5.82 Å². The van der Waals surface area contributed by atoms with Crippen molar-refractivity contribution >= 4 is 0 Å². The number of benzene rings is 1. The van der Waals surface area contributed by atoms with Gasteiger partial charge in [-0.25, -0.2) is 9.37 Å². The van der Waals surface area contributed by atoms with E-state index in [-0.39, 0.29) is 5.82 Å². The standard InChI is InChI=1S/C10H10FN3O2/c1-16-8-3-2-6(11)4-7(8)9(15)10-12-5-13-14-10/h2-5,9,15H,1H3,(H,12,13,14). The van der Waals surface area contributed by atoms with Gasteiger partial charge in [0, 0.05) is 5.56 Å². The van der Waals surface area contributed by atoms with Crippen LogP contribution in [0, 0.1) is 5.82 Å². The second kappa shape index (κ2) is 4.28. The van der Waals surface area contributed by atoms with E-state index >= 15 is 0 Å². The SMILES string of the molecule is COc1ccc(F)cc1C(O)c1ncn[nH]1. The maximum Gasteiger partial charge on any atom is 0.157 e. The summed E-state index contributed by atoms with van der Waals surface area (Å²) in [5.41, 5.74) is 0.305. The van der Waals surface area contributed by atoms with Crippen molar-refractivity contribution in [2.24, 2.45) is 0 Å². The summed E-state index contributed by atoms with van der Waals surface area (Å²) in [7, 11) is 1.45. The Morgan fingerprint density at radius 1 is 1.50 bits per heavy atom. The van der Waals surface area contributed by atoms with Gasteiger partial charge in [0.2, 0.25) is 0 Å². The van der Waals surface area contributed by atoms with E-state index < -0.39 is 11.9 Å². The first-order valence-electron chi connectivity index (χ1n) is 4.59. The summed E-state index contributed by atoms with van der Waals surface area (Å²) in [6, 6.07) is 3.91. The molecule has 0 aliphatic heterocycles. The molecule has 2 aromatic rings. The molecule has 0 saturated carbocycles. The molecule has 1 atom stereocenters. The number of ether oxygens (including phenoxy) is 1. The molecule has 0 amide bonds. The van der Waals surface area contributed by atoms with Gasteiger partial charge in [0.05, 0.1) is 7.11 Å². The second-order valence-corrected chi connectivity index (χ2v) is 3.16.